The zero-order valence-corrected chi connectivity index (χ0v) is 14.1. The molecule has 0 fully saturated rings. The smallest absolute Gasteiger partial charge is 0.257 e. The van der Waals surface area contributed by atoms with E-state index < -0.39 is 0 Å². The number of fused-ring (bicyclic) bond motifs is 1. The lowest BCUT2D eigenvalue weighted by Crippen LogP contribution is -2.35. The number of aromatic amines is 1. The third kappa shape index (κ3) is 3.34. The van der Waals surface area contributed by atoms with Gasteiger partial charge in [-0.05, 0) is 36.4 Å². The molecule has 0 unspecified atom stereocenters. The molecule has 1 aliphatic rings. The minimum absolute atomic E-state index is 0.163. The Balaban J connectivity index is 1.54. The van der Waals surface area contributed by atoms with Crippen LogP contribution in [0, 0.1) is 5.82 Å². The number of anilines is 1. The largest absolute Gasteiger partial charge is 0.369 e. The van der Waals surface area contributed by atoms with Gasteiger partial charge in [-0.1, -0.05) is 6.07 Å². The number of nitrogens with one attached hydrogen (secondary N) is 1. The van der Waals surface area contributed by atoms with Crippen LogP contribution in [0.3, 0.4) is 0 Å². The quantitative estimate of drug-likeness (QED) is 0.755. The summed E-state index contributed by atoms with van der Waals surface area (Å²) in [7, 11) is 0. The Morgan fingerprint density at radius 3 is 2.77 bits per heavy atom. The molecule has 3 N–H and O–H groups in total. The number of hydrogen-bond acceptors (Lipinski definition) is 5. The molecule has 1 aromatic carbocycles. The molecule has 0 aliphatic carbocycles. The molecule has 6 nitrogen and oxygen atoms in total. The van der Waals surface area contributed by atoms with Gasteiger partial charge >= 0.3 is 0 Å². The van der Waals surface area contributed by atoms with Crippen LogP contribution in [-0.4, -0.2) is 26.4 Å². The molecule has 7 heteroatoms. The summed E-state index contributed by atoms with van der Waals surface area (Å²) in [6.45, 7) is 1.92. The fourth-order valence-corrected chi connectivity index (χ4v) is 3.21. The normalized spacial score (nSPS) is 14.2. The molecule has 0 atom stereocenters. The van der Waals surface area contributed by atoms with Crippen LogP contribution in [0.15, 0.2) is 47.3 Å². The molecule has 0 radical (unpaired) electrons. The highest BCUT2D eigenvalue weighted by Crippen LogP contribution is 2.20. The van der Waals surface area contributed by atoms with Crippen molar-refractivity contribution in [3.05, 3.63) is 75.6 Å². The minimum Gasteiger partial charge on any atom is -0.369 e. The van der Waals surface area contributed by atoms with Crippen LogP contribution < -0.4 is 11.3 Å². The average molecular weight is 351 g/mol. The van der Waals surface area contributed by atoms with Gasteiger partial charge in [0.1, 0.15) is 5.82 Å². The van der Waals surface area contributed by atoms with Crippen LogP contribution in [-0.2, 0) is 19.5 Å². The maximum atomic E-state index is 13.1. The van der Waals surface area contributed by atoms with E-state index in [0.29, 0.717) is 25.1 Å². The monoisotopic (exact) mass is 351 g/mol. The van der Waals surface area contributed by atoms with Gasteiger partial charge in [-0.2, -0.15) is 0 Å². The zero-order chi connectivity index (χ0) is 18.1. The lowest BCUT2D eigenvalue weighted by molar-refractivity contribution is 0.239. The molecule has 0 amide bonds. The highest BCUT2D eigenvalue weighted by atomic mass is 19.1. The third-order valence-corrected chi connectivity index (χ3v) is 4.50. The van der Waals surface area contributed by atoms with E-state index in [-0.39, 0.29) is 17.3 Å². The van der Waals surface area contributed by atoms with Gasteiger partial charge in [-0.25, -0.2) is 9.37 Å². The number of nitrogen functional groups attached to an aromatic ring is 1. The number of pyridine rings is 1. The number of hydrogen-bond donors (Lipinski definition) is 2. The van der Waals surface area contributed by atoms with E-state index in [2.05, 4.69) is 19.9 Å². The summed E-state index contributed by atoms with van der Waals surface area (Å²) in [5, 5.41) is 0. The first kappa shape index (κ1) is 16.4. The van der Waals surface area contributed by atoms with Gasteiger partial charge in [-0.15, -0.1) is 0 Å². The van der Waals surface area contributed by atoms with Crippen molar-refractivity contribution in [1.82, 2.24) is 19.9 Å². The summed E-state index contributed by atoms with van der Waals surface area (Å²) in [4.78, 5) is 25.7. The first-order valence-electron chi connectivity index (χ1n) is 8.40. The second kappa shape index (κ2) is 6.68. The van der Waals surface area contributed by atoms with Crippen LogP contribution in [0.2, 0.25) is 0 Å². The number of H-pyrrole nitrogens is 1. The maximum absolute atomic E-state index is 13.1. The van der Waals surface area contributed by atoms with Crippen LogP contribution in [0.1, 0.15) is 17.0 Å². The molecule has 0 spiro atoms. The van der Waals surface area contributed by atoms with E-state index in [0.717, 1.165) is 29.2 Å². The Bertz CT molecular complexity index is 1000. The van der Waals surface area contributed by atoms with E-state index in [4.69, 9.17) is 5.73 Å². The Labute approximate surface area is 149 Å². The Kier molecular flexibility index (Phi) is 4.22. The fraction of sp³-hybridized carbons (Fsp3) is 0.211. The van der Waals surface area contributed by atoms with Crippen LogP contribution in [0.25, 0.3) is 11.3 Å². The molecule has 0 saturated heterocycles. The van der Waals surface area contributed by atoms with Gasteiger partial charge in [0.2, 0.25) is 5.95 Å². The SMILES string of the molecule is Nc1nc2c(c(=O)[nH]1)CN(Cc1cccc(-c3ccc(F)cc3)n1)CC2. The fourth-order valence-electron chi connectivity index (χ4n) is 3.21. The first-order chi connectivity index (χ1) is 12.6. The standard InChI is InChI=1S/C19H18FN5O/c20-13-6-4-12(5-7-13)16-3-1-2-14(22-16)10-25-9-8-17-15(11-25)18(26)24-19(21)23-17/h1-7H,8-11H2,(H3,21,23,24,26). The number of rotatable bonds is 3. The van der Waals surface area contributed by atoms with Crippen molar-refractivity contribution in [3.63, 3.8) is 0 Å². The van der Waals surface area contributed by atoms with Gasteiger partial charge < -0.3 is 5.73 Å². The highest BCUT2D eigenvalue weighted by Gasteiger charge is 2.21. The van der Waals surface area contributed by atoms with E-state index in [1.54, 1.807) is 12.1 Å². The molecule has 3 aromatic rings. The summed E-state index contributed by atoms with van der Waals surface area (Å²) in [5.41, 5.74) is 9.44. The summed E-state index contributed by atoms with van der Waals surface area (Å²) >= 11 is 0. The molecule has 0 saturated carbocycles. The third-order valence-electron chi connectivity index (χ3n) is 4.50. The molecule has 26 heavy (non-hydrogen) atoms. The van der Waals surface area contributed by atoms with Crippen molar-refractivity contribution in [2.45, 2.75) is 19.5 Å². The predicted molar refractivity (Wildman–Crippen MR) is 96.7 cm³/mol. The van der Waals surface area contributed by atoms with E-state index in [9.17, 15) is 9.18 Å². The van der Waals surface area contributed by atoms with Crippen molar-refractivity contribution in [2.75, 3.05) is 12.3 Å². The zero-order valence-electron chi connectivity index (χ0n) is 14.1. The summed E-state index contributed by atoms with van der Waals surface area (Å²) in [6, 6.07) is 12.1. The molecule has 132 valence electrons. The molecule has 4 rings (SSSR count). The van der Waals surface area contributed by atoms with E-state index >= 15 is 0 Å². The predicted octanol–water partition coefficient (Wildman–Crippen LogP) is 2.11. The Morgan fingerprint density at radius 1 is 1.15 bits per heavy atom. The van der Waals surface area contributed by atoms with Crippen molar-refractivity contribution in [2.24, 2.45) is 0 Å². The summed E-state index contributed by atoms with van der Waals surface area (Å²) in [5.74, 6) is -0.104. The molecule has 0 bridgehead atoms. The maximum Gasteiger partial charge on any atom is 0.257 e. The molecule has 3 heterocycles. The van der Waals surface area contributed by atoms with Crippen molar-refractivity contribution >= 4 is 5.95 Å². The average Bonchev–Trinajstić information content (AvgIpc) is 2.63. The lowest BCUT2D eigenvalue weighted by Gasteiger charge is -2.27. The van der Waals surface area contributed by atoms with Crippen LogP contribution in [0.4, 0.5) is 10.3 Å². The molecule has 1 aliphatic heterocycles. The first-order valence-corrected chi connectivity index (χ1v) is 8.40. The van der Waals surface area contributed by atoms with Gasteiger partial charge in [-0.3, -0.25) is 19.7 Å². The topological polar surface area (TPSA) is 87.9 Å². The van der Waals surface area contributed by atoms with E-state index in [1.807, 2.05) is 18.2 Å². The second-order valence-corrected chi connectivity index (χ2v) is 6.36. The molecular formula is C19H18FN5O. The van der Waals surface area contributed by atoms with Crippen molar-refractivity contribution in [3.8, 4) is 11.3 Å². The van der Waals surface area contributed by atoms with Crippen LogP contribution >= 0.6 is 0 Å². The number of halogens is 1. The van der Waals surface area contributed by atoms with Gasteiger partial charge in [0, 0.05) is 31.6 Å². The number of nitrogens with two attached hydrogens (primary N) is 1. The van der Waals surface area contributed by atoms with Crippen LogP contribution in [0.5, 0.6) is 0 Å². The molecular weight excluding hydrogens is 333 g/mol. The van der Waals surface area contributed by atoms with Crippen molar-refractivity contribution in [1.29, 1.82) is 0 Å². The number of nitrogens with zero attached hydrogens (tertiary/aromatic N) is 3. The Morgan fingerprint density at radius 2 is 1.96 bits per heavy atom. The summed E-state index contributed by atoms with van der Waals surface area (Å²) in [6.07, 6.45) is 0.682. The molecule has 2 aromatic heterocycles. The van der Waals surface area contributed by atoms with Gasteiger partial charge in [0.25, 0.3) is 5.56 Å². The lowest BCUT2D eigenvalue weighted by atomic mass is 10.1. The van der Waals surface area contributed by atoms with Crippen molar-refractivity contribution < 1.29 is 4.39 Å². The second-order valence-electron chi connectivity index (χ2n) is 6.36. The Hall–Kier alpha value is -3.06. The van der Waals surface area contributed by atoms with Gasteiger partial charge in [0.05, 0.1) is 22.6 Å². The number of aromatic nitrogens is 3. The highest BCUT2D eigenvalue weighted by molar-refractivity contribution is 5.58. The number of benzene rings is 1. The van der Waals surface area contributed by atoms with Gasteiger partial charge in [0.15, 0.2) is 0 Å². The minimum atomic E-state index is -0.267. The summed E-state index contributed by atoms with van der Waals surface area (Å²) < 4.78 is 13.1. The van der Waals surface area contributed by atoms with E-state index in [1.165, 1.54) is 12.1 Å².